The normalized spacial score (nSPS) is 19.8. The Bertz CT molecular complexity index is 674. The lowest BCUT2D eigenvalue weighted by Gasteiger charge is -2.18. The monoisotopic (exact) mass is 531 g/mol. The van der Waals surface area contributed by atoms with Crippen LogP contribution in [0.15, 0.2) is 23.2 Å². The molecule has 2 fully saturated rings. The molecule has 0 bridgehead atoms. The molecule has 1 aliphatic carbocycles. The van der Waals surface area contributed by atoms with Crippen LogP contribution in [0.25, 0.3) is 0 Å². The molecule has 6 nitrogen and oxygen atoms in total. The van der Waals surface area contributed by atoms with Gasteiger partial charge in [0, 0.05) is 44.9 Å². The summed E-state index contributed by atoms with van der Waals surface area (Å²) in [5.74, 6) is 2.30. The van der Waals surface area contributed by atoms with E-state index < -0.39 is 0 Å². The third-order valence-electron chi connectivity index (χ3n) is 5.90. The summed E-state index contributed by atoms with van der Waals surface area (Å²) in [5.41, 5.74) is 2.70. The lowest BCUT2D eigenvalue weighted by molar-refractivity contribution is 0.166. The Labute approximate surface area is 198 Å². The largest absolute Gasteiger partial charge is 0.493 e. The van der Waals surface area contributed by atoms with E-state index in [4.69, 9.17) is 19.2 Å². The fraction of sp³-hybridized carbons (Fsp3) is 0.696. The van der Waals surface area contributed by atoms with Crippen LogP contribution in [0.3, 0.4) is 0 Å². The Kier molecular flexibility index (Phi) is 10.7. The number of hydrogen-bond acceptors (Lipinski definition) is 4. The summed E-state index contributed by atoms with van der Waals surface area (Å²) < 4.78 is 16.9. The SMILES string of the molecule is CCNC(=NCc1ccc(C)cc1OCC1CCOC1)NCC1(CCOC)CC1.I. The van der Waals surface area contributed by atoms with Crippen molar-refractivity contribution in [2.24, 2.45) is 16.3 Å². The predicted molar refractivity (Wildman–Crippen MR) is 132 cm³/mol. The van der Waals surface area contributed by atoms with E-state index in [2.05, 4.69) is 42.7 Å². The second-order valence-electron chi connectivity index (χ2n) is 8.44. The molecule has 1 heterocycles. The number of guanidine groups is 1. The predicted octanol–water partition coefficient (Wildman–Crippen LogP) is 3.90. The van der Waals surface area contributed by atoms with Crippen molar-refractivity contribution < 1.29 is 14.2 Å². The number of hydrogen-bond donors (Lipinski definition) is 2. The molecule has 0 aromatic heterocycles. The molecule has 2 aliphatic rings. The van der Waals surface area contributed by atoms with Crippen molar-refractivity contribution in [1.82, 2.24) is 10.6 Å². The van der Waals surface area contributed by atoms with Gasteiger partial charge < -0.3 is 24.8 Å². The van der Waals surface area contributed by atoms with Gasteiger partial charge in [-0.2, -0.15) is 0 Å². The number of aryl methyl sites for hydroxylation is 1. The molecule has 1 saturated heterocycles. The Morgan fingerprint density at radius 1 is 1.30 bits per heavy atom. The molecule has 3 rings (SSSR count). The summed E-state index contributed by atoms with van der Waals surface area (Å²) in [6.45, 7) is 9.76. The second kappa shape index (κ2) is 12.7. The molecule has 1 aromatic rings. The summed E-state index contributed by atoms with van der Waals surface area (Å²) in [5, 5.41) is 6.90. The van der Waals surface area contributed by atoms with Crippen LogP contribution < -0.4 is 15.4 Å². The quantitative estimate of drug-likeness (QED) is 0.258. The number of nitrogens with zero attached hydrogens (tertiary/aromatic N) is 1. The maximum atomic E-state index is 6.16. The highest BCUT2D eigenvalue weighted by molar-refractivity contribution is 14.0. The smallest absolute Gasteiger partial charge is 0.191 e. The molecule has 30 heavy (non-hydrogen) atoms. The zero-order valence-corrected chi connectivity index (χ0v) is 21.0. The third kappa shape index (κ3) is 7.89. The molecule has 1 atom stereocenters. The van der Waals surface area contributed by atoms with E-state index in [0.29, 0.717) is 24.5 Å². The highest BCUT2D eigenvalue weighted by atomic mass is 127. The molecule has 1 aliphatic heterocycles. The van der Waals surface area contributed by atoms with Crippen molar-refractivity contribution in [3.63, 3.8) is 0 Å². The van der Waals surface area contributed by atoms with Crippen LogP contribution in [-0.4, -0.2) is 52.6 Å². The lowest BCUT2D eigenvalue weighted by atomic mass is 10.0. The van der Waals surface area contributed by atoms with Gasteiger partial charge in [0.1, 0.15) is 5.75 Å². The van der Waals surface area contributed by atoms with Gasteiger partial charge in [-0.1, -0.05) is 12.1 Å². The highest BCUT2D eigenvalue weighted by Crippen LogP contribution is 2.48. The average Bonchev–Trinajstić information content (AvgIpc) is 3.30. The molecule has 0 spiro atoms. The maximum absolute atomic E-state index is 6.16. The molecule has 0 amide bonds. The molecule has 7 heteroatoms. The molecule has 1 saturated carbocycles. The van der Waals surface area contributed by atoms with Crippen LogP contribution in [-0.2, 0) is 16.0 Å². The van der Waals surface area contributed by atoms with Crippen LogP contribution in [0.2, 0.25) is 0 Å². The number of benzene rings is 1. The van der Waals surface area contributed by atoms with Crippen LogP contribution in [0, 0.1) is 18.3 Å². The molecule has 1 unspecified atom stereocenters. The van der Waals surface area contributed by atoms with E-state index in [-0.39, 0.29) is 24.0 Å². The number of halogens is 1. The van der Waals surface area contributed by atoms with Crippen LogP contribution in [0.1, 0.15) is 43.7 Å². The van der Waals surface area contributed by atoms with Gasteiger partial charge >= 0.3 is 0 Å². The van der Waals surface area contributed by atoms with Gasteiger partial charge in [0.05, 0.1) is 19.8 Å². The van der Waals surface area contributed by atoms with Gasteiger partial charge in [-0.15, -0.1) is 24.0 Å². The minimum absolute atomic E-state index is 0. The van der Waals surface area contributed by atoms with Crippen molar-refractivity contribution >= 4 is 29.9 Å². The van der Waals surface area contributed by atoms with Crippen LogP contribution in [0.5, 0.6) is 5.75 Å². The number of aliphatic imine (C=N–C) groups is 1. The van der Waals surface area contributed by atoms with Crippen molar-refractivity contribution in [3.8, 4) is 5.75 Å². The minimum Gasteiger partial charge on any atom is -0.493 e. The molecular weight excluding hydrogens is 493 g/mol. The summed E-state index contributed by atoms with van der Waals surface area (Å²) >= 11 is 0. The zero-order chi connectivity index (χ0) is 20.5. The van der Waals surface area contributed by atoms with Crippen LogP contribution >= 0.6 is 24.0 Å². The lowest BCUT2D eigenvalue weighted by Crippen LogP contribution is -2.40. The van der Waals surface area contributed by atoms with Gasteiger partial charge in [0.2, 0.25) is 0 Å². The summed E-state index contributed by atoms with van der Waals surface area (Å²) in [6, 6.07) is 6.37. The van der Waals surface area contributed by atoms with Gasteiger partial charge in [-0.25, -0.2) is 4.99 Å². The van der Waals surface area contributed by atoms with Crippen molar-refractivity contribution in [2.75, 3.05) is 46.6 Å². The van der Waals surface area contributed by atoms with E-state index >= 15 is 0 Å². The van der Waals surface area contributed by atoms with E-state index in [1.807, 2.05) is 0 Å². The molecule has 1 aromatic carbocycles. The van der Waals surface area contributed by atoms with Crippen molar-refractivity contribution in [2.45, 2.75) is 46.1 Å². The Morgan fingerprint density at radius 3 is 2.80 bits per heavy atom. The van der Waals surface area contributed by atoms with E-state index in [9.17, 15) is 0 Å². The molecular formula is C23H38IN3O3. The summed E-state index contributed by atoms with van der Waals surface area (Å²) in [6.07, 6.45) is 4.72. The minimum atomic E-state index is 0. The fourth-order valence-electron chi connectivity index (χ4n) is 3.64. The van der Waals surface area contributed by atoms with E-state index in [1.54, 1.807) is 7.11 Å². The van der Waals surface area contributed by atoms with Crippen molar-refractivity contribution in [1.29, 1.82) is 0 Å². The highest BCUT2D eigenvalue weighted by Gasteiger charge is 2.41. The van der Waals surface area contributed by atoms with Crippen molar-refractivity contribution in [3.05, 3.63) is 29.3 Å². The third-order valence-corrected chi connectivity index (χ3v) is 5.90. The first-order valence-corrected chi connectivity index (χ1v) is 11.0. The zero-order valence-electron chi connectivity index (χ0n) is 18.7. The molecule has 2 N–H and O–H groups in total. The fourth-order valence-corrected chi connectivity index (χ4v) is 3.64. The molecule has 0 radical (unpaired) electrons. The first-order valence-electron chi connectivity index (χ1n) is 11.0. The number of methoxy groups -OCH3 is 1. The first kappa shape index (κ1) is 25.2. The number of rotatable bonds is 11. The Balaban J connectivity index is 0.00000320. The van der Waals surface area contributed by atoms with Crippen LogP contribution in [0.4, 0.5) is 0 Å². The summed E-state index contributed by atoms with van der Waals surface area (Å²) in [7, 11) is 1.77. The maximum Gasteiger partial charge on any atom is 0.191 e. The average molecular weight is 531 g/mol. The van der Waals surface area contributed by atoms with E-state index in [0.717, 1.165) is 63.0 Å². The van der Waals surface area contributed by atoms with Gasteiger partial charge in [0.15, 0.2) is 5.96 Å². The summed E-state index contributed by atoms with van der Waals surface area (Å²) in [4.78, 5) is 4.82. The van der Waals surface area contributed by atoms with Gasteiger partial charge in [-0.3, -0.25) is 0 Å². The Morgan fingerprint density at radius 2 is 2.13 bits per heavy atom. The van der Waals surface area contributed by atoms with E-state index in [1.165, 1.54) is 18.4 Å². The number of nitrogens with one attached hydrogen (secondary N) is 2. The topological polar surface area (TPSA) is 64.1 Å². The van der Waals surface area contributed by atoms with Gasteiger partial charge in [0.25, 0.3) is 0 Å². The standard InChI is InChI=1S/C23H37N3O3.HI/c1-4-24-22(26-17-23(8-9-23)10-12-27-3)25-14-20-6-5-18(2)13-21(20)29-16-19-7-11-28-15-19;/h5-6,13,19H,4,7-12,14-17H2,1-3H3,(H2,24,25,26);1H. The first-order chi connectivity index (χ1) is 14.1. The van der Waals surface area contributed by atoms with Gasteiger partial charge in [-0.05, 0) is 56.6 Å². The molecule has 170 valence electrons. The second-order valence-corrected chi connectivity index (χ2v) is 8.44. The Hall–Kier alpha value is -1.06. The number of ether oxygens (including phenoxy) is 3.